The summed E-state index contributed by atoms with van der Waals surface area (Å²) in [6.45, 7) is -0.770. The molecule has 1 aliphatic rings. The minimum Gasteiger partial charge on any atom is -0.468 e. The van der Waals surface area contributed by atoms with Crippen LogP contribution in [-0.2, 0) is 32.2 Å². The highest BCUT2D eigenvalue weighted by Crippen LogP contribution is 2.22. The van der Waals surface area contributed by atoms with E-state index in [4.69, 9.17) is 14.6 Å². The van der Waals surface area contributed by atoms with Gasteiger partial charge in [0.2, 0.25) is 0 Å². The van der Waals surface area contributed by atoms with Crippen molar-refractivity contribution in [3.05, 3.63) is 11.9 Å². The number of aromatic nitrogens is 3. The van der Waals surface area contributed by atoms with Crippen LogP contribution in [0.4, 0.5) is 0 Å². The molecule has 0 aromatic carbocycles. The van der Waals surface area contributed by atoms with Gasteiger partial charge in [0.25, 0.3) is 0 Å². The maximum atomic E-state index is 11.1. The van der Waals surface area contributed by atoms with Gasteiger partial charge in [-0.1, -0.05) is 5.21 Å². The fraction of sp³-hybridized carbons (Fsp3) is 0.750. The molecule has 2 heterocycles. The number of ether oxygens (including phenoxy) is 3. The monoisotopic (exact) mass is 333 g/mol. The quantitative estimate of drug-likeness (QED) is 0.390. The molecule has 1 aromatic rings. The Kier molecular flexibility index (Phi) is 5.98. The molecule has 2 rings (SSSR count). The minimum atomic E-state index is -1.51. The maximum Gasteiger partial charge on any atom is 0.327 e. The normalized spacial score (nSPS) is 31.1. The van der Waals surface area contributed by atoms with E-state index >= 15 is 0 Å². The molecule has 4 N–H and O–H groups in total. The van der Waals surface area contributed by atoms with Gasteiger partial charge in [0.15, 0.2) is 6.29 Å². The summed E-state index contributed by atoms with van der Waals surface area (Å²) in [5, 5.41) is 45.6. The van der Waals surface area contributed by atoms with Crippen LogP contribution in [0, 0.1) is 0 Å². The summed E-state index contributed by atoms with van der Waals surface area (Å²) < 4.78 is 16.2. The third-order valence-electron chi connectivity index (χ3n) is 3.35. The molecule has 0 bridgehead atoms. The highest BCUT2D eigenvalue weighted by Gasteiger charge is 2.44. The zero-order valence-electron chi connectivity index (χ0n) is 12.3. The lowest BCUT2D eigenvalue weighted by Gasteiger charge is -2.39. The molecular formula is C12H19N3O8. The van der Waals surface area contributed by atoms with Crippen LogP contribution in [0.3, 0.4) is 0 Å². The van der Waals surface area contributed by atoms with E-state index in [9.17, 15) is 20.1 Å². The first kappa shape index (κ1) is 17.7. The van der Waals surface area contributed by atoms with Gasteiger partial charge in [0.1, 0.15) is 36.7 Å². The molecule has 1 aromatic heterocycles. The molecular weight excluding hydrogens is 314 g/mol. The van der Waals surface area contributed by atoms with E-state index in [0.717, 1.165) is 0 Å². The molecule has 0 saturated carbocycles. The molecule has 5 unspecified atom stereocenters. The lowest BCUT2D eigenvalue weighted by atomic mass is 9.99. The predicted octanol–water partition coefficient (Wildman–Crippen LogP) is -3.23. The second-order valence-corrected chi connectivity index (χ2v) is 4.99. The van der Waals surface area contributed by atoms with Crippen LogP contribution in [0.15, 0.2) is 6.20 Å². The van der Waals surface area contributed by atoms with E-state index in [1.807, 2.05) is 0 Å². The fourth-order valence-electron chi connectivity index (χ4n) is 2.05. The maximum absolute atomic E-state index is 11.1. The van der Waals surface area contributed by atoms with E-state index in [1.54, 1.807) is 0 Å². The van der Waals surface area contributed by atoms with Crippen molar-refractivity contribution < 1.29 is 39.4 Å². The van der Waals surface area contributed by atoms with E-state index in [0.29, 0.717) is 5.69 Å². The van der Waals surface area contributed by atoms with Gasteiger partial charge in [0, 0.05) is 0 Å². The zero-order chi connectivity index (χ0) is 17.0. The molecule has 1 aliphatic heterocycles. The van der Waals surface area contributed by atoms with Crippen LogP contribution in [0.5, 0.6) is 0 Å². The predicted molar refractivity (Wildman–Crippen MR) is 70.6 cm³/mol. The third kappa shape index (κ3) is 4.22. The average Bonchev–Trinajstić information content (AvgIpc) is 2.99. The number of methoxy groups -OCH3 is 1. The smallest absolute Gasteiger partial charge is 0.327 e. The van der Waals surface area contributed by atoms with Crippen molar-refractivity contribution in [1.82, 2.24) is 15.0 Å². The average molecular weight is 333 g/mol. The van der Waals surface area contributed by atoms with E-state index in [1.165, 1.54) is 18.0 Å². The van der Waals surface area contributed by atoms with Crippen molar-refractivity contribution in [1.29, 1.82) is 0 Å². The van der Waals surface area contributed by atoms with Crippen LogP contribution in [0.1, 0.15) is 5.69 Å². The van der Waals surface area contributed by atoms with Crippen LogP contribution in [0.2, 0.25) is 0 Å². The van der Waals surface area contributed by atoms with Crippen LogP contribution in [0.25, 0.3) is 0 Å². The third-order valence-corrected chi connectivity index (χ3v) is 3.35. The van der Waals surface area contributed by atoms with Gasteiger partial charge in [0.05, 0.1) is 26.5 Å². The van der Waals surface area contributed by atoms with Crippen LogP contribution >= 0.6 is 0 Å². The van der Waals surface area contributed by atoms with Crippen molar-refractivity contribution in [2.45, 2.75) is 43.9 Å². The van der Waals surface area contributed by atoms with Crippen molar-refractivity contribution in [3.8, 4) is 0 Å². The molecule has 0 amide bonds. The standard InChI is InChI=1S/C12H19N3O8/c1-21-8(17)3-15-2-6(13-14-15)5-22-12-11(20)10(19)9(18)7(4-16)23-12/h2,7,9-12,16,18-20H,3-5H2,1H3. The molecule has 0 spiro atoms. The Morgan fingerprint density at radius 3 is 2.74 bits per heavy atom. The Morgan fingerprint density at radius 1 is 1.35 bits per heavy atom. The van der Waals surface area contributed by atoms with E-state index in [-0.39, 0.29) is 13.2 Å². The number of carbonyl (C=O) groups excluding carboxylic acids is 1. The van der Waals surface area contributed by atoms with E-state index in [2.05, 4.69) is 15.0 Å². The van der Waals surface area contributed by atoms with Crippen molar-refractivity contribution >= 4 is 5.97 Å². The summed E-state index contributed by atoms with van der Waals surface area (Å²) in [5.74, 6) is -0.490. The lowest BCUT2D eigenvalue weighted by molar-refractivity contribution is -0.304. The molecule has 5 atom stereocenters. The molecule has 11 nitrogen and oxygen atoms in total. The SMILES string of the molecule is COC(=O)Cn1cc(COC2OC(CO)C(O)C(O)C2O)nn1. The molecule has 11 heteroatoms. The molecule has 130 valence electrons. The van der Waals surface area contributed by atoms with Gasteiger partial charge < -0.3 is 34.6 Å². The first-order chi connectivity index (χ1) is 11.0. The first-order valence-electron chi connectivity index (χ1n) is 6.84. The summed E-state index contributed by atoms with van der Waals surface area (Å²) in [6, 6.07) is 0. The van der Waals surface area contributed by atoms with Crippen LogP contribution in [-0.4, -0.2) is 85.8 Å². The van der Waals surface area contributed by atoms with Crippen LogP contribution < -0.4 is 0 Å². The van der Waals surface area contributed by atoms with Crippen molar-refractivity contribution in [2.75, 3.05) is 13.7 Å². The Bertz CT molecular complexity index is 522. The van der Waals surface area contributed by atoms with Crippen molar-refractivity contribution in [3.63, 3.8) is 0 Å². The molecule has 0 radical (unpaired) electrons. The second kappa shape index (κ2) is 7.77. The molecule has 1 fully saturated rings. The fourth-order valence-corrected chi connectivity index (χ4v) is 2.05. The number of aliphatic hydroxyl groups excluding tert-OH is 4. The Hall–Kier alpha value is -1.63. The summed E-state index contributed by atoms with van der Waals surface area (Å²) in [7, 11) is 1.25. The summed E-state index contributed by atoms with van der Waals surface area (Å²) in [5.41, 5.74) is 0.353. The lowest BCUT2D eigenvalue weighted by Crippen LogP contribution is -2.59. The summed E-state index contributed by atoms with van der Waals surface area (Å²) >= 11 is 0. The Morgan fingerprint density at radius 2 is 2.09 bits per heavy atom. The molecule has 1 saturated heterocycles. The minimum absolute atomic E-state index is 0.108. The number of esters is 1. The van der Waals surface area contributed by atoms with Gasteiger partial charge in [-0.15, -0.1) is 5.10 Å². The van der Waals surface area contributed by atoms with Gasteiger partial charge in [-0.2, -0.15) is 0 Å². The Balaban J connectivity index is 1.91. The molecule has 23 heavy (non-hydrogen) atoms. The largest absolute Gasteiger partial charge is 0.468 e. The first-order valence-corrected chi connectivity index (χ1v) is 6.84. The molecule has 0 aliphatic carbocycles. The van der Waals surface area contributed by atoms with Crippen molar-refractivity contribution in [2.24, 2.45) is 0 Å². The Labute approximate surface area is 131 Å². The number of carbonyl (C=O) groups is 1. The highest BCUT2D eigenvalue weighted by atomic mass is 16.7. The summed E-state index contributed by atoms with van der Waals surface area (Å²) in [6.07, 6.45) is -5.31. The number of aliphatic hydroxyl groups is 4. The highest BCUT2D eigenvalue weighted by molar-refractivity contribution is 5.68. The van der Waals surface area contributed by atoms with Gasteiger partial charge in [-0.25, -0.2) is 4.68 Å². The van der Waals surface area contributed by atoms with Gasteiger partial charge in [-0.3, -0.25) is 4.79 Å². The van der Waals surface area contributed by atoms with Gasteiger partial charge >= 0.3 is 5.97 Å². The number of nitrogens with zero attached hydrogens (tertiary/aromatic N) is 3. The topological polar surface area (TPSA) is 156 Å². The summed E-state index contributed by atoms with van der Waals surface area (Å²) in [4.78, 5) is 11.1. The number of rotatable bonds is 6. The van der Waals surface area contributed by atoms with E-state index < -0.39 is 43.3 Å². The second-order valence-electron chi connectivity index (χ2n) is 4.99. The van der Waals surface area contributed by atoms with Gasteiger partial charge in [-0.05, 0) is 0 Å². The number of hydrogen-bond donors (Lipinski definition) is 4. The zero-order valence-corrected chi connectivity index (χ0v) is 12.3. The number of hydrogen-bond acceptors (Lipinski definition) is 10.